The molecule has 34 heavy (non-hydrogen) atoms. The molecule has 0 spiro atoms. The van der Waals surface area contributed by atoms with Gasteiger partial charge in [-0.05, 0) is 49.6 Å². The highest BCUT2D eigenvalue weighted by Gasteiger charge is 2.32. The predicted molar refractivity (Wildman–Crippen MR) is 134 cm³/mol. The molecule has 2 aromatic rings. The average molecular weight is 466 g/mol. The van der Waals surface area contributed by atoms with Crippen molar-refractivity contribution < 1.29 is 14.3 Å². The number of hydrogen-bond acceptors (Lipinski definition) is 7. The standard InChI is InChI=1S/C26H35N5O3/c1-5-20-14-19(10-11-28-20)21-15-22(27)26(29-25(21)18-6-7-18)30-12-13-31(17(2)16-30)23(32)8-9-24(33-3)34-4/h5,10-11,14-15,17-18,24H,1,6-9,12-13,16,27H2,2-4H3/t17-/m1/s1. The summed E-state index contributed by atoms with van der Waals surface area (Å²) >= 11 is 0. The van der Waals surface area contributed by atoms with Crippen LogP contribution in [-0.2, 0) is 14.3 Å². The number of nitrogen functional groups attached to an aromatic ring is 1. The van der Waals surface area contributed by atoms with Crippen LogP contribution in [0.5, 0.6) is 0 Å². The monoisotopic (exact) mass is 465 g/mol. The van der Waals surface area contributed by atoms with Crippen molar-refractivity contribution in [1.29, 1.82) is 0 Å². The first-order valence-corrected chi connectivity index (χ1v) is 11.9. The maximum Gasteiger partial charge on any atom is 0.223 e. The van der Waals surface area contributed by atoms with Crippen LogP contribution < -0.4 is 10.6 Å². The van der Waals surface area contributed by atoms with Crippen LogP contribution in [0.3, 0.4) is 0 Å². The van der Waals surface area contributed by atoms with Gasteiger partial charge in [0.05, 0.1) is 17.1 Å². The van der Waals surface area contributed by atoms with Crippen molar-refractivity contribution in [1.82, 2.24) is 14.9 Å². The first-order valence-electron chi connectivity index (χ1n) is 11.9. The van der Waals surface area contributed by atoms with Gasteiger partial charge >= 0.3 is 0 Å². The van der Waals surface area contributed by atoms with E-state index in [9.17, 15) is 4.79 Å². The molecule has 2 aromatic heterocycles. The van der Waals surface area contributed by atoms with Crippen LogP contribution in [0.2, 0.25) is 0 Å². The van der Waals surface area contributed by atoms with Crippen LogP contribution in [0.15, 0.2) is 31.0 Å². The third-order valence-corrected chi connectivity index (χ3v) is 6.69. The van der Waals surface area contributed by atoms with E-state index in [1.807, 2.05) is 17.0 Å². The van der Waals surface area contributed by atoms with Gasteiger partial charge in [0.25, 0.3) is 0 Å². The quantitative estimate of drug-likeness (QED) is 0.565. The zero-order chi connectivity index (χ0) is 24.2. The number of methoxy groups -OCH3 is 2. The lowest BCUT2D eigenvalue weighted by molar-refractivity contribution is -0.139. The minimum Gasteiger partial charge on any atom is -0.396 e. The van der Waals surface area contributed by atoms with Crippen LogP contribution in [0.25, 0.3) is 17.2 Å². The Bertz CT molecular complexity index is 1040. The largest absolute Gasteiger partial charge is 0.396 e. The molecular formula is C26H35N5O3. The van der Waals surface area contributed by atoms with E-state index < -0.39 is 0 Å². The van der Waals surface area contributed by atoms with Gasteiger partial charge in [-0.25, -0.2) is 4.98 Å². The van der Waals surface area contributed by atoms with E-state index in [0.717, 1.165) is 41.2 Å². The molecule has 1 saturated heterocycles. The minimum absolute atomic E-state index is 0.0605. The number of hydrogen-bond donors (Lipinski definition) is 1. The van der Waals surface area contributed by atoms with Crippen LogP contribution in [-0.4, -0.2) is 67.0 Å². The second-order valence-corrected chi connectivity index (χ2v) is 9.10. The summed E-state index contributed by atoms with van der Waals surface area (Å²) in [5.41, 5.74) is 11.3. The summed E-state index contributed by atoms with van der Waals surface area (Å²) in [6.45, 7) is 7.94. The molecule has 1 aliphatic carbocycles. The molecule has 0 aromatic carbocycles. The van der Waals surface area contributed by atoms with Crippen molar-refractivity contribution in [3.63, 3.8) is 0 Å². The first-order chi connectivity index (χ1) is 16.4. The molecule has 0 radical (unpaired) electrons. The van der Waals surface area contributed by atoms with Crippen LogP contribution in [0, 0.1) is 0 Å². The average Bonchev–Trinajstić information content (AvgIpc) is 3.69. The third kappa shape index (κ3) is 5.23. The van der Waals surface area contributed by atoms with E-state index in [1.54, 1.807) is 26.5 Å². The number of carbonyl (C=O) groups excluding carboxylic acids is 1. The molecule has 1 amide bonds. The number of nitrogens with zero attached hydrogens (tertiary/aromatic N) is 4. The molecule has 8 nitrogen and oxygen atoms in total. The van der Waals surface area contributed by atoms with Crippen LogP contribution >= 0.6 is 0 Å². The summed E-state index contributed by atoms with van der Waals surface area (Å²) in [6.07, 6.45) is 6.42. The molecule has 2 N–H and O–H groups in total. The minimum atomic E-state index is -0.355. The topological polar surface area (TPSA) is 93.8 Å². The molecule has 1 aliphatic heterocycles. The van der Waals surface area contributed by atoms with E-state index in [2.05, 4.69) is 29.5 Å². The zero-order valence-corrected chi connectivity index (χ0v) is 20.4. The Labute approximate surface area is 201 Å². The van der Waals surface area contributed by atoms with E-state index in [0.29, 0.717) is 44.1 Å². The van der Waals surface area contributed by atoms with Crippen LogP contribution in [0.4, 0.5) is 11.5 Å². The van der Waals surface area contributed by atoms with E-state index in [4.69, 9.17) is 20.2 Å². The predicted octanol–water partition coefficient (Wildman–Crippen LogP) is 3.68. The number of pyridine rings is 2. The molecule has 1 saturated carbocycles. The fourth-order valence-electron chi connectivity index (χ4n) is 4.65. The number of rotatable bonds is 9. The molecule has 2 aliphatic rings. The Morgan fingerprint density at radius 2 is 2.06 bits per heavy atom. The Hall–Kier alpha value is -2.97. The lowest BCUT2D eigenvalue weighted by atomic mass is 10.0. The molecule has 4 rings (SSSR count). The van der Waals surface area contributed by atoms with Gasteiger partial charge in [0.15, 0.2) is 12.1 Å². The Morgan fingerprint density at radius 1 is 1.29 bits per heavy atom. The number of carbonyl (C=O) groups is 1. The van der Waals surface area contributed by atoms with Crippen molar-refractivity contribution in [2.45, 2.75) is 50.9 Å². The second kappa shape index (κ2) is 10.5. The van der Waals surface area contributed by atoms with Gasteiger partial charge in [-0.1, -0.05) is 6.58 Å². The van der Waals surface area contributed by atoms with Gasteiger partial charge in [0.1, 0.15) is 0 Å². The summed E-state index contributed by atoms with van der Waals surface area (Å²) < 4.78 is 10.4. The van der Waals surface area contributed by atoms with Gasteiger partial charge in [0.2, 0.25) is 5.91 Å². The second-order valence-electron chi connectivity index (χ2n) is 9.10. The highest BCUT2D eigenvalue weighted by Crippen LogP contribution is 2.45. The number of ether oxygens (including phenoxy) is 2. The molecular weight excluding hydrogens is 430 g/mol. The zero-order valence-electron chi connectivity index (χ0n) is 20.4. The fraction of sp³-hybridized carbons (Fsp3) is 0.500. The normalized spacial score (nSPS) is 18.4. The van der Waals surface area contributed by atoms with Gasteiger partial charge in [-0.15, -0.1) is 0 Å². The van der Waals surface area contributed by atoms with Crippen LogP contribution in [0.1, 0.15) is 49.9 Å². The summed E-state index contributed by atoms with van der Waals surface area (Å²) in [5.74, 6) is 1.41. The van der Waals surface area contributed by atoms with Gasteiger partial charge < -0.3 is 25.0 Å². The number of aromatic nitrogens is 2. The molecule has 0 unspecified atom stereocenters. The van der Waals surface area contributed by atoms with Crippen molar-refractivity contribution in [2.24, 2.45) is 0 Å². The maximum absolute atomic E-state index is 12.8. The number of piperazine rings is 1. The first kappa shape index (κ1) is 24.2. The molecule has 182 valence electrons. The van der Waals surface area contributed by atoms with E-state index in [1.165, 1.54) is 0 Å². The number of nitrogens with two attached hydrogens (primary N) is 1. The Balaban J connectivity index is 1.51. The Kier molecular flexibility index (Phi) is 7.48. The van der Waals surface area contributed by atoms with Gasteiger partial charge in [-0.2, -0.15) is 0 Å². The molecule has 2 fully saturated rings. The SMILES string of the molecule is C=Cc1cc(-c2cc(N)c(N3CCN(C(=O)CCC(OC)OC)[C@H](C)C3)nc2C2CC2)ccn1. The fourth-order valence-corrected chi connectivity index (χ4v) is 4.65. The Morgan fingerprint density at radius 3 is 2.71 bits per heavy atom. The highest BCUT2D eigenvalue weighted by molar-refractivity contribution is 5.79. The lowest BCUT2D eigenvalue weighted by Crippen LogP contribution is -2.54. The summed E-state index contributed by atoms with van der Waals surface area (Å²) in [6, 6.07) is 6.14. The van der Waals surface area contributed by atoms with Gasteiger partial charge in [-0.3, -0.25) is 9.78 Å². The van der Waals surface area contributed by atoms with Gasteiger partial charge in [0, 0.05) is 70.4 Å². The molecule has 3 heterocycles. The summed E-state index contributed by atoms with van der Waals surface area (Å²) in [7, 11) is 3.18. The smallest absolute Gasteiger partial charge is 0.223 e. The van der Waals surface area contributed by atoms with Crippen molar-refractivity contribution >= 4 is 23.5 Å². The van der Waals surface area contributed by atoms with E-state index >= 15 is 0 Å². The van der Waals surface area contributed by atoms with E-state index in [-0.39, 0.29) is 18.2 Å². The highest BCUT2D eigenvalue weighted by atomic mass is 16.7. The maximum atomic E-state index is 12.8. The summed E-state index contributed by atoms with van der Waals surface area (Å²) in [4.78, 5) is 26.4. The molecule has 1 atom stereocenters. The summed E-state index contributed by atoms with van der Waals surface area (Å²) in [5, 5.41) is 0. The van der Waals surface area contributed by atoms with Crippen molar-refractivity contribution in [3.8, 4) is 11.1 Å². The number of amides is 1. The van der Waals surface area contributed by atoms with Crippen molar-refractivity contribution in [3.05, 3.63) is 42.4 Å². The number of anilines is 2. The molecule has 0 bridgehead atoms. The lowest BCUT2D eigenvalue weighted by Gasteiger charge is -2.41. The van der Waals surface area contributed by atoms with Crippen molar-refractivity contribution in [2.75, 3.05) is 44.5 Å². The molecule has 8 heteroatoms. The third-order valence-electron chi connectivity index (χ3n) is 6.69.